The highest BCUT2D eigenvalue weighted by atomic mass is 16.5. The van der Waals surface area contributed by atoms with E-state index in [1.807, 2.05) is 0 Å². The van der Waals surface area contributed by atoms with Crippen LogP contribution in [-0.4, -0.2) is 50.3 Å². The summed E-state index contributed by atoms with van der Waals surface area (Å²) in [7, 11) is 0. The molecule has 0 amide bonds. The molecule has 1 aromatic carbocycles. The SMILES string of the molecule is Cc1ccc(N2CCN(C3CCOCC3)CC2)cc1. The summed E-state index contributed by atoms with van der Waals surface area (Å²) < 4.78 is 5.46. The molecule has 0 radical (unpaired) electrons. The van der Waals surface area contributed by atoms with Crippen molar-refractivity contribution in [3.8, 4) is 0 Å². The van der Waals surface area contributed by atoms with Crippen molar-refractivity contribution >= 4 is 5.69 Å². The third-order valence-electron chi connectivity index (χ3n) is 4.42. The van der Waals surface area contributed by atoms with E-state index >= 15 is 0 Å². The average Bonchev–Trinajstić information content (AvgIpc) is 2.49. The molecule has 0 bridgehead atoms. The second-order valence-electron chi connectivity index (χ2n) is 5.70. The van der Waals surface area contributed by atoms with E-state index in [1.165, 1.54) is 37.2 Å². The predicted octanol–water partition coefficient (Wildman–Crippen LogP) is 2.30. The lowest BCUT2D eigenvalue weighted by Crippen LogP contribution is -2.51. The van der Waals surface area contributed by atoms with Gasteiger partial charge in [-0.1, -0.05) is 17.7 Å². The van der Waals surface area contributed by atoms with Crippen molar-refractivity contribution in [2.24, 2.45) is 0 Å². The first-order chi connectivity index (χ1) is 9.33. The number of hydrogen-bond donors (Lipinski definition) is 0. The lowest BCUT2D eigenvalue weighted by atomic mass is 10.1. The van der Waals surface area contributed by atoms with Gasteiger partial charge in [-0.3, -0.25) is 4.90 Å². The van der Waals surface area contributed by atoms with Crippen molar-refractivity contribution in [2.45, 2.75) is 25.8 Å². The first-order valence-corrected chi connectivity index (χ1v) is 7.46. The number of anilines is 1. The molecule has 2 saturated heterocycles. The molecule has 0 unspecified atom stereocenters. The first kappa shape index (κ1) is 12.9. The zero-order valence-electron chi connectivity index (χ0n) is 11.8. The lowest BCUT2D eigenvalue weighted by molar-refractivity contribution is 0.0321. The summed E-state index contributed by atoms with van der Waals surface area (Å²) in [6.07, 6.45) is 2.43. The first-order valence-electron chi connectivity index (χ1n) is 7.46. The third kappa shape index (κ3) is 3.10. The van der Waals surface area contributed by atoms with Gasteiger partial charge in [0.25, 0.3) is 0 Å². The largest absolute Gasteiger partial charge is 0.381 e. The Labute approximate surface area is 116 Å². The van der Waals surface area contributed by atoms with E-state index in [2.05, 4.69) is 41.0 Å². The minimum absolute atomic E-state index is 0.758. The Balaban J connectivity index is 1.55. The quantitative estimate of drug-likeness (QED) is 0.811. The summed E-state index contributed by atoms with van der Waals surface area (Å²) in [6.45, 7) is 8.73. The van der Waals surface area contributed by atoms with Gasteiger partial charge < -0.3 is 9.64 Å². The lowest BCUT2D eigenvalue weighted by Gasteiger charge is -2.41. The molecule has 0 aliphatic carbocycles. The van der Waals surface area contributed by atoms with Gasteiger partial charge >= 0.3 is 0 Å². The summed E-state index contributed by atoms with van der Waals surface area (Å²) in [5, 5.41) is 0. The fourth-order valence-corrected chi connectivity index (χ4v) is 3.15. The van der Waals surface area contributed by atoms with E-state index in [0.29, 0.717) is 0 Å². The molecule has 0 N–H and O–H groups in total. The van der Waals surface area contributed by atoms with Crippen LogP contribution in [0, 0.1) is 6.92 Å². The molecule has 19 heavy (non-hydrogen) atoms. The summed E-state index contributed by atoms with van der Waals surface area (Å²) in [5.41, 5.74) is 2.71. The van der Waals surface area contributed by atoms with Gasteiger partial charge in [-0.25, -0.2) is 0 Å². The number of aryl methyl sites for hydroxylation is 1. The van der Waals surface area contributed by atoms with Crippen molar-refractivity contribution in [1.82, 2.24) is 4.90 Å². The van der Waals surface area contributed by atoms with Gasteiger partial charge in [0.05, 0.1) is 0 Å². The molecule has 104 valence electrons. The molecule has 0 spiro atoms. The zero-order chi connectivity index (χ0) is 13.1. The normalized spacial score (nSPS) is 22.7. The van der Waals surface area contributed by atoms with E-state index in [4.69, 9.17) is 4.74 Å². The smallest absolute Gasteiger partial charge is 0.0480 e. The van der Waals surface area contributed by atoms with Crippen LogP contribution in [0.5, 0.6) is 0 Å². The van der Waals surface area contributed by atoms with E-state index in [9.17, 15) is 0 Å². The van der Waals surface area contributed by atoms with Gasteiger partial charge in [0, 0.05) is 51.1 Å². The Morgan fingerprint density at radius 1 is 0.947 bits per heavy atom. The highest BCUT2D eigenvalue weighted by Crippen LogP contribution is 2.20. The Bertz CT molecular complexity index is 390. The number of rotatable bonds is 2. The van der Waals surface area contributed by atoms with Crippen molar-refractivity contribution in [3.63, 3.8) is 0 Å². The molecule has 3 nitrogen and oxygen atoms in total. The molecule has 0 saturated carbocycles. The average molecular weight is 260 g/mol. The van der Waals surface area contributed by atoms with E-state index in [-0.39, 0.29) is 0 Å². The van der Waals surface area contributed by atoms with Crippen molar-refractivity contribution in [1.29, 1.82) is 0 Å². The summed E-state index contributed by atoms with van der Waals surface area (Å²) in [6, 6.07) is 9.67. The van der Waals surface area contributed by atoms with Crippen LogP contribution >= 0.6 is 0 Å². The monoisotopic (exact) mass is 260 g/mol. The van der Waals surface area contributed by atoms with Crippen molar-refractivity contribution < 1.29 is 4.74 Å². The second kappa shape index (κ2) is 5.93. The minimum atomic E-state index is 0.758. The molecule has 2 fully saturated rings. The molecule has 2 aliphatic heterocycles. The number of ether oxygens (including phenoxy) is 1. The van der Waals surface area contributed by atoms with Crippen molar-refractivity contribution in [2.75, 3.05) is 44.3 Å². The van der Waals surface area contributed by atoms with Gasteiger partial charge in [0.15, 0.2) is 0 Å². The van der Waals surface area contributed by atoms with Crippen LogP contribution in [0.3, 0.4) is 0 Å². The topological polar surface area (TPSA) is 15.7 Å². The summed E-state index contributed by atoms with van der Waals surface area (Å²) >= 11 is 0. The minimum Gasteiger partial charge on any atom is -0.381 e. The maximum absolute atomic E-state index is 5.46. The van der Waals surface area contributed by atoms with Crippen LogP contribution in [0.2, 0.25) is 0 Å². The Morgan fingerprint density at radius 3 is 2.21 bits per heavy atom. The molecule has 2 aliphatic rings. The van der Waals surface area contributed by atoms with Gasteiger partial charge in [-0.05, 0) is 31.9 Å². The van der Waals surface area contributed by atoms with Gasteiger partial charge in [-0.15, -0.1) is 0 Å². The summed E-state index contributed by atoms with van der Waals surface area (Å²) in [5.74, 6) is 0. The van der Waals surface area contributed by atoms with Gasteiger partial charge in [0.2, 0.25) is 0 Å². The van der Waals surface area contributed by atoms with Gasteiger partial charge in [0.1, 0.15) is 0 Å². The molecule has 3 rings (SSSR count). The standard InChI is InChI=1S/C16H24N2O/c1-14-2-4-15(5-3-14)17-8-10-18(11-9-17)16-6-12-19-13-7-16/h2-5,16H,6-13H2,1H3. The maximum Gasteiger partial charge on any atom is 0.0480 e. The maximum atomic E-state index is 5.46. The van der Waals surface area contributed by atoms with Crippen LogP contribution in [0.1, 0.15) is 18.4 Å². The fraction of sp³-hybridized carbons (Fsp3) is 0.625. The highest BCUT2D eigenvalue weighted by Gasteiger charge is 2.25. The molecule has 1 aromatic rings. The van der Waals surface area contributed by atoms with Crippen LogP contribution in [-0.2, 0) is 4.74 Å². The Hall–Kier alpha value is -1.06. The van der Waals surface area contributed by atoms with E-state index < -0.39 is 0 Å². The van der Waals surface area contributed by atoms with Crippen LogP contribution in [0.25, 0.3) is 0 Å². The second-order valence-corrected chi connectivity index (χ2v) is 5.70. The summed E-state index contributed by atoms with van der Waals surface area (Å²) in [4.78, 5) is 5.17. The Kier molecular flexibility index (Phi) is 4.04. The number of benzene rings is 1. The van der Waals surface area contributed by atoms with Gasteiger partial charge in [-0.2, -0.15) is 0 Å². The van der Waals surface area contributed by atoms with Crippen LogP contribution in [0.15, 0.2) is 24.3 Å². The third-order valence-corrected chi connectivity index (χ3v) is 4.42. The zero-order valence-corrected chi connectivity index (χ0v) is 11.8. The molecule has 2 heterocycles. The number of hydrogen-bond acceptors (Lipinski definition) is 3. The van der Waals surface area contributed by atoms with Crippen LogP contribution < -0.4 is 4.90 Å². The fourth-order valence-electron chi connectivity index (χ4n) is 3.15. The number of nitrogens with zero attached hydrogens (tertiary/aromatic N) is 2. The molecule has 0 aromatic heterocycles. The molecule has 3 heteroatoms. The molecular formula is C16H24N2O. The molecule has 0 atom stereocenters. The van der Waals surface area contributed by atoms with Crippen LogP contribution in [0.4, 0.5) is 5.69 Å². The predicted molar refractivity (Wildman–Crippen MR) is 78.8 cm³/mol. The Morgan fingerprint density at radius 2 is 1.58 bits per heavy atom. The molecular weight excluding hydrogens is 236 g/mol. The van der Waals surface area contributed by atoms with E-state index in [0.717, 1.165) is 32.3 Å². The number of piperazine rings is 1. The highest BCUT2D eigenvalue weighted by molar-refractivity contribution is 5.47. The van der Waals surface area contributed by atoms with E-state index in [1.54, 1.807) is 0 Å². The van der Waals surface area contributed by atoms with Crippen molar-refractivity contribution in [3.05, 3.63) is 29.8 Å².